The third-order valence-corrected chi connectivity index (χ3v) is 4.48. The summed E-state index contributed by atoms with van der Waals surface area (Å²) < 4.78 is 1.78. The molecule has 132 valence electrons. The normalized spacial score (nSPS) is 15.4. The van der Waals surface area contributed by atoms with Crippen LogP contribution < -0.4 is 0 Å². The summed E-state index contributed by atoms with van der Waals surface area (Å²) in [6, 6.07) is 4.66. The first-order chi connectivity index (χ1) is 11.9. The molecule has 0 N–H and O–H groups in total. The summed E-state index contributed by atoms with van der Waals surface area (Å²) in [5.74, 6) is -0.149. The van der Waals surface area contributed by atoms with E-state index in [1.807, 2.05) is 19.4 Å². The van der Waals surface area contributed by atoms with Crippen molar-refractivity contribution in [2.75, 3.05) is 26.2 Å². The number of benzene rings is 1. The molecule has 8 heteroatoms. The Morgan fingerprint density at radius 3 is 2.60 bits per heavy atom. The number of aromatic nitrogens is 2. The summed E-state index contributed by atoms with van der Waals surface area (Å²) in [5, 5.41) is 15.2. The lowest BCUT2D eigenvalue weighted by atomic mass is 10.1. The van der Waals surface area contributed by atoms with E-state index in [4.69, 9.17) is 0 Å². The van der Waals surface area contributed by atoms with Crippen molar-refractivity contribution >= 4 is 11.6 Å². The quantitative estimate of drug-likeness (QED) is 0.622. The first-order valence-electron chi connectivity index (χ1n) is 8.18. The molecule has 1 amide bonds. The van der Waals surface area contributed by atoms with Gasteiger partial charge >= 0.3 is 0 Å². The molecule has 0 radical (unpaired) electrons. The van der Waals surface area contributed by atoms with Gasteiger partial charge in [-0.15, -0.1) is 0 Å². The lowest BCUT2D eigenvalue weighted by Gasteiger charge is -2.34. The third kappa shape index (κ3) is 3.85. The van der Waals surface area contributed by atoms with Crippen molar-refractivity contribution in [3.8, 4) is 0 Å². The van der Waals surface area contributed by atoms with Crippen LogP contribution in [-0.4, -0.2) is 56.6 Å². The molecule has 1 aliphatic heterocycles. The fourth-order valence-electron chi connectivity index (χ4n) is 3.04. The second-order valence-corrected chi connectivity index (χ2v) is 6.35. The van der Waals surface area contributed by atoms with Gasteiger partial charge in [0.1, 0.15) is 0 Å². The molecule has 2 heterocycles. The molecule has 1 aromatic heterocycles. The zero-order valence-corrected chi connectivity index (χ0v) is 14.4. The van der Waals surface area contributed by atoms with Gasteiger partial charge in [0.05, 0.1) is 11.1 Å². The number of nitrogens with zero attached hydrogens (tertiary/aromatic N) is 5. The minimum absolute atomic E-state index is 0.0129. The van der Waals surface area contributed by atoms with E-state index in [1.54, 1.807) is 28.6 Å². The maximum Gasteiger partial charge on any atom is 0.273 e. The Hall–Kier alpha value is -2.74. The van der Waals surface area contributed by atoms with Crippen LogP contribution in [0, 0.1) is 17.0 Å². The molecule has 0 spiro atoms. The fraction of sp³-hybridized carbons (Fsp3) is 0.412. The van der Waals surface area contributed by atoms with Crippen LogP contribution in [0.1, 0.15) is 21.5 Å². The highest BCUT2D eigenvalue weighted by Crippen LogP contribution is 2.21. The zero-order chi connectivity index (χ0) is 18.0. The average Bonchev–Trinajstić information content (AvgIpc) is 3.00. The first-order valence-corrected chi connectivity index (χ1v) is 8.18. The van der Waals surface area contributed by atoms with Crippen molar-refractivity contribution in [2.24, 2.45) is 7.05 Å². The number of aryl methyl sites for hydroxylation is 2. The Morgan fingerprint density at radius 1 is 1.28 bits per heavy atom. The molecule has 1 fully saturated rings. The topological polar surface area (TPSA) is 84.5 Å². The standard InChI is InChI=1S/C17H21N5O3/c1-13-3-4-15(9-16(13)22(24)25)17(23)21-7-5-20(6-8-21)12-14-10-18-19(2)11-14/h3-4,9-11H,5-8,12H2,1-2H3. The Kier molecular flexibility index (Phi) is 4.80. The molecule has 1 aromatic carbocycles. The number of rotatable bonds is 4. The molecule has 2 aromatic rings. The number of carbonyl (C=O) groups is 1. The summed E-state index contributed by atoms with van der Waals surface area (Å²) in [4.78, 5) is 27.3. The molecule has 0 saturated carbocycles. The van der Waals surface area contributed by atoms with Gasteiger partial charge in [0.2, 0.25) is 0 Å². The largest absolute Gasteiger partial charge is 0.336 e. The zero-order valence-electron chi connectivity index (χ0n) is 14.4. The van der Waals surface area contributed by atoms with Gasteiger partial charge in [-0.05, 0) is 13.0 Å². The monoisotopic (exact) mass is 343 g/mol. The maximum atomic E-state index is 12.6. The number of amides is 1. The molecule has 1 saturated heterocycles. The van der Waals surface area contributed by atoms with Gasteiger partial charge in [-0.2, -0.15) is 5.10 Å². The highest BCUT2D eigenvalue weighted by atomic mass is 16.6. The minimum Gasteiger partial charge on any atom is -0.336 e. The summed E-state index contributed by atoms with van der Waals surface area (Å²) in [5.41, 5.74) is 2.07. The smallest absolute Gasteiger partial charge is 0.273 e. The highest BCUT2D eigenvalue weighted by Gasteiger charge is 2.24. The van der Waals surface area contributed by atoms with Gasteiger partial charge in [0, 0.05) is 68.7 Å². The molecule has 25 heavy (non-hydrogen) atoms. The van der Waals surface area contributed by atoms with Crippen LogP contribution in [0.3, 0.4) is 0 Å². The molecule has 0 unspecified atom stereocenters. The average molecular weight is 343 g/mol. The van der Waals surface area contributed by atoms with Gasteiger partial charge in [0.15, 0.2) is 0 Å². The van der Waals surface area contributed by atoms with Gasteiger partial charge in [-0.1, -0.05) is 6.07 Å². The van der Waals surface area contributed by atoms with Crippen molar-refractivity contribution in [2.45, 2.75) is 13.5 Å². The number of carbonyl (C=O) groups excluding carboxylic acids is 1. The molecular weight excluding hydrogens is 322 g/mol. The van der Waals surface area contributed by atoms with E-state index in [9.17, 15) is 14.9 Å². The predicted octanol–water partition coefficient (Wildman–Crippen LogP) is 1.59. The SMILES string of the molecule is Cc1ccc(C(=O)N2CCN(Cc3cnn(C)c3)CC2)cc1[N+](=O)[O-]. The fourth-order valence-corrected chi connectivity index (χ4v) is 3.04. The van der Waals surface area contributed by atoms with Crippen molar-refractivity contribution in [1.82, 2.24) is 19.6 Å². The van der Waals surface area contributed by atoms with Crippen LogP contribution in [0.2, 0.25) is 0 Å². The number of hydrogen-bond donors (Lipinski definition) is 0. The molecule has 0 aliphatic carbocycles. The van der Waals surface area contributed by atoms with Crippen molar-refractivity contribution in [3.63, 3.8) is 0 Å². The molecular formula is C17H21N5O3. The second-order valence-electron chi connectivity index (χ2n) is 6.35. The lowest BCUT2D eigenvalue weighted by molar-refractivity contribution is -0.385. The third-order valence-electron chi connectivity index (χ3n) is 4.48. The molecule has 3 rings (SSSR count). The van der Waals surface area contributed by atoms with Crippen molar-refractivity contribution in [1.29, 1.82) is 0 Å². The highest BCUT2D eigenvalue weighted by molar-refractivity contribution is 5.95. The molecule has 1 aliphatic rings. The van der Waals surface area contributed by atoms with Crippen LogP contribution >= 0.6 is 0 Å². The van der Waals surface area contributed by atoms with E-state index in [1.165, 1.54) is 6.07 Å². The Labute approximate surface area is 145 Å². The van der Waals surface area contributed by atoms with E-state index in [-0.39, 0.29) is 11.6 Å². The van der Waals surface area contributed by atoms with E-state index in [2.05, 4.69) is 10.00 Å². The second kappa shape index (κ2) is 7.02. The van der Waals surface area contributed by atoms with E-state index in [0.717, 1.165) is 25.2 Å². The predicted molar refractivity (Wildman–Crippen MR) is 92.2 cm³/mol. The van der Waals surface area contributed by atoms with E-state index in [0.29, 0.717) is 24.2 Å². The van der Waals surface area contributed by atoms with E-state index >= 15 is 0 Å². The van der Waals surface area contributed by atoms with Crippen LogP contribution in [0.15, 0.2) is 30.6 Å². The summed E-state index contributed by atoms with van der Waals surface area (Å²) in [6.07, 6.45) is 3.84. The number of hydrogen-bond acceptors (Lipinski definition) is 5. The number of piperazine rings is 1. The van der Waals surface area contributed by atoms with Crippen molar-refractivity contribution < 1.29 is 9.72 Å². The van der Waals surface area contributed by atoms with Gasteiger partial charge in [0.25, 0.3) is 11.6 Å². The summed E-state index contributed by atoms with van der Waals surface area (Å²) in [6.45, 7) is 5.25. The van der Waals surface area contributed by atoms with Gasteiger partial charge < -0.3 is 4.90 Å². The first kappa shape index (κ1) is 17.1. The van der Waals surface area contributed by atoms with Crippen LogP contribution in [0.4, 0.5) is 5.69 Å². The lowest BCUT2D eigenvalue weighted by Crippen LogP contribution is -2.48. The van der Waals surface area contributed by atoms with Crippen LogP contribution in [0.5, 0.6) is 0 Å². The molecule has 0 atom stereocenters. The minimum atomic E-state index is -0.446. The Bertz CT molecular complexity index is 793. The maximum absolute atomic E-state index is 12.6. The van der Waals surface area contributed by atoms with Crippen LogP contribution in [-0.2, 0) is 13.6 Å². The summed E-state index contributed by atoms with van der Waals surface area (Å²) in [7, 11) is 1.89. The van der Waals surface area contributed by atoms with Crippen LogP contribution in [0.25, 0.3) is 0 Å². The van der Waals surface area contributed by atoms with E-state index < -0.39 is 4.92 Å². The molecule has 8 nitrogen and oxygen atoms in total. The number of nitro benzene ring substituents is 1. The Morgan fingerprint density at radius 2 is 2.00 bits per heavy atom. The molecule has 0 bridgehead atoms. The summed E-state index contributed by atoms with van der Waals surface area (Å²) >= 11 is 0. The Balaban J connectivity index is 1.61. The van der Waals surface area contributed by atoms with Crippen molar-refractivity contribution in [3.05, 3.63) is 57.4 Å². The van der Waals surface area contributed by atoms with Gasteiger partial charge in [-0.3, -0.25) is 24.5 Å². The van der Waals surface area contributed by atoms with Gasteiger partial charge in [-0.25, -0.2) is 0 Å². The number of nitro groups is 1.